The molecule has 2 heteroatoms. The first kappa shape index (κ1) is 12.9. The maximum Gasteiger partial charge on any atom is 0.330 e. The third-order valence-electron chi connectivity index (χ3n) is 1.64. The highest BCUT2D eigenvalue weighted by Gasteiger charge is 1.93. The molecule has 0 spiro atoms. The normalized spacial score (nSPS) is 11.3. The Hall–Kier alpha value is -1.05. The Bertz CT molecular complexity index is 192. The first-order valence-corrected chi connectivity index (χ1v) is 5.29. The second-order valence-corrected chi connectivity index (χ2v) is 3.03. The van der Waals surface area contributed by atoms with Crippen LogP contribution in [0.2, 0.25) is 0 Å². The van der Waals surface area contributed by atoms with Gasteiger partial charge in [0.15, 0.2) is 0 Å². The lowest BCUT2D eigenvalue weighted by molar-refractivity contribution is -0.137. The molecule has 0 radical (unpaired) electrons. The highest BCUT2D eigenvalue weighted by molar-refractivity contribution is 5.81. The highest BCUT2D eigenvalue weighted by Crippen LogP contribution is 1.92. The summed E-state index contributed by atoms with van der Waals surface area (Å²) in [5.41, 5.74) is 0. The largest absolute Gasteiger partial charge is 0.462 e. The average Bonchev–Trinajstić information content (AvgIpc) is 2.18. The first-order chi connectivity index (χ1) is 6.81. The zero-order valence-corrected chi connectivity index (χ0v) is 9.16. The van der Waals surface area contributed by atoms with E-state index in [0.29, 0.717) is 6.61 Å². The van der Waals surface area contributed by atoms with Crippen LogP contribution >= 0.6 is 0 Å². The molecule has 0 aromatic carbocycles. The van der Waals surface area contributed by atoms with Crippen LogP contribution in [0, 0.1) is 0 Å². The Morgan fingerprint density at radius 3 is 2.57 bits per heavy atom. The summed E-state index contributed by atoms with van der Waals surface area (Å²) in [4.78, 5) is 11.0. The van der Waals surface area contributed by atoms with Crippen LogP contribution in [0.25, 0.3) is 0 Å². The van der Waals surface area contributed by atoms with Gasteiger partial charge in [0.05, 0.1) is 6.61 Å². The number of unbranched alkanes of at least 4 members (excludes halogenated alkanes) is 1. The van der Waals surface area contributed by atoms with Gasteiger partial charge in [0, 0.05) is 6.08 Å². The minimum atomic E-state index is -0.233. The van der Waals surface area contributed by atoms with Crippen molar-refractivity contribution in [2.24, 2.45) is 0 Å². The molecule has 0 saturated heterocycles. The van der Waals surface area contributed by atoms with Crippen LogP contribution < -0.4 is 0 Å². The van der Waals surface area contributed by atoms with Crippen LogP contribution in [-0.4, -0.2) is 12.6 Å². The van der Waals surface area contributed by atoms with E-state index >= 15 is 0 Å². The predicted molar refractivity (Wildman–Crippen MR) is 59.1 cm³/mol. The molecule has 14 heavy (non-hydrogen) atoms. The molecule has 0 fully saturated rings. The Morgan fingerprint density at radius 2 is 1.93 bits per heavy atom. The van der Waals surface area contributed by atoms with E-state index in [-0.39, 0.29) is 5.97 Å². The highest BCUT2D eigenvalue weighted by atomic mass is 16.5. The quantitative estimate of drug-likeness (QED) is 0.270. The molecule has 0 unspecified atom stereocenters. The number of allylic oxidation sites excluding steroid dienone is 2. The summed E-state index contributed by atoms with van der Waals surface area (Å²) in [6.07, 6.45) is 11.3. The fraction of sp³-hybridized carbons (Fsp3) is 0.583. The lowest BCUT2D eigenvalue weighted by Crippen LogP contribution is -2.01. The molecular formula is C12H20O2. The fourth-order valence-electron chi connectivity index (χ4n) is 0.906. The maximum atomic E-state index is 11.0. The monoisotopic (exact) mass is 196 g/mol. The van der Waals surface area contributed by atoms with E-state index in [1.165, 1.54) is 6.08 Å². The second kappa shape index (κ2) is 10.0. The molecule has 0 aromatic rings. The van der Waals surface area contributed by atoms with Gasteiger partial charge in [-0.2, -0.15) is 0 Å². The summed E-state index contributed by atoms with van der Waals surface area (Å²) in [6.45, 7) is 4.63. The smallest absolute Gasteiger partial charge is 0.330 e. The predicted octanol–water partition coefficient (Wildman–Crippen LogP) is 3.24. The van der Waals surface area contributed by atoms with Crippen molar-refractivity contribution in [2.75, 3.05) is 6.61 Å². The van der Waals surface area contributed by atoms with E-state index in [9.17, 15) is 4.79 Å². The topological polar surface area (TPSA) is 26.3 Å². The Balaban J connectivity index is 3.40. The molecule has 0 rings (SSSR count). The molecule has 0 amide bonds. The van der Waals surface area contributed by atoms with E-state index in [1.807, 2.05) is 12.2 Å². The van der Waals surface area contributed by atoms with E-state index in [0.717, 1.165) is 25.7 Å². The minimum absolute atomic E-state index is 0.233. The zero-order valence-electron chi connectivity index (χ0n) is 9.16. The molecule has 0 aromatic heterocycles. The Labute approximate surface area is 86.6 Å². The zero-order chi connectivity index (χ0) is 10.6. The van der Waals surface area contributed by atoms with Gasteiger partial charge in [0.2, 0.25) is 0 Å². The number of carbonyl (C=O) groups is 1. The third kappa shape index (κ3) is 9.04. The summed E-state index contributed by atoms with van der Waals surface area (Å²) < 4.78 is 4.96. The molecule has 0 atom stereocenters. The molecule has 0 heterocycles. The number of hydrogen-bond acceptors (Lipinski definition) is 2. The molecule has 0 aliphatic heterocycles. The summed E-state index contributed by atoms with van der Waals surface area (Å²) >= 11 is 0. The van der Waals surface area contributed by atoms with Crippen molar-refractivity contribution in [2.45, 2.75) is 39.5 Å². The average molecular weight is 196 g/mol. The van der Waals surface area contributed by atoms with Gasteiger partial charge in [0.25, 0.3) is 0 Å². The van der Waals surface area contributed by atoms with Crippen LogP contribution in [-0.2, 0) is 9.53 Å². The number of esters is 1. The number of hydrogen-bond donors (Lipinski definition) is 0. The first-order valence-electron chi connectivity index (χ1n) is 5.29. The van der Waals surface area contributed by atoms with Crippen molar-refractivity contribution in [1.29, 1.82) is 0 Å². The van der Waals surface area contributed by atoms with Crippen molar-refractivity contribution in [3.8, 4) is 0 Å². The van der Waals surface area contributed by atoms with Crippen LogP contribution in [0.4, 0.5) is 0 Å². The van der Waals surface area contributed by atoms with Gasteiger partial charge in [-0.15, -0.1) is 0 Å². The molecule has 0 aliphatic carbocycles. The van der Waals surface area contributed by atoms with Crippen molar-refractivity contribution in [3.05, 3.63) is 24.3 Å². The van der Waals surface area contributed by atoms with E-state index in [2.05, 4.69) is 19.9 Å². The number of ether oxygens (including phenoxy) is 1. The van der Waals surface area contributed by atoms with Crippen LogP contribution in [0.3, 0.4) is 0 Å². The lowest BCUT2D eigenvalue weighted by atomic mass is 10.3. The van der Waals surface area contributed by atoms with Crippen LogP contribution in [0.15, 0.2) is 24.3 Å². The molecule has 80 valence electrons. The summed E-state index contributed by atoms with van der Waals surface area (Å²) in [7, 11) is 0. The molecule has 0 saturated carbocycles. The Kier molecular flexibility index (Phi) is 9.28. The van der Waals surface area contributed by atoms with Crippen LogP contribution in [0.1, 0.15) is 39.5 Å². The summed E-state index contributed by atoms with van der Waals surface area (Å²) in [5.74, 6) is -0.233. The maximum absolute atomic E-state index is 11.0. The van der Waals surface area contributed by atoms with Gasteiger partial charge < -0.3 is 4.74 Å². The third-order valence-corrected chi connectivity index (χ3v) is 1.64. The lowest BCUT2D eigenvalue weighted by Gasteiger charge is -1.97. The summed E-state index contributed by atoms with van der Waals surface area (Å²) in [5, 5.41) is 0. The van der Waals surface area contributed by atoms with E-state index < -0.39 is 0 Å². The van der Waals surface area contributed by atoms with Crippen molar-refractivity contribution in [3.63, 3.8) is 0 Å². The Morgan fingerprint density at radius 1 is 1.14 bits per heavy atom. The summed E-state index contributed by atoms with van der Waals surface area (Å²) in [6, 6.07) is 0. The van der Waals surface area contributed by atoms with Gasteiger partial charge in [0.1, 0.15) is 0 Å². The van der Waals surface area contributed by atoms with Gasteiger partial charge in [-0.3, -0.25) is 0 Å². The molecular weight excluding hydrogens is 176 g/mol. The van der Waals surface area contributed by atoms with Crippen LogP contribution in [0.5, 0.6) is 0 Å². The SMILES string of the molecule is CC/C=C/CCOC(=O)/C=C/CCC. The van der Waals surface area contributed by atoms with Gasteiger partial charge in [-0.05, 0) is 19.3 Å². The number of carbonyl (C=O) groups excluding carboxylic acids is 1. The van der Waals surface area contributed by atoms with Gasteiger partial charge in [-0.25, -0.2) is 4.79 Å². The molecule has 2 nitrogen and oxygen atoms in total. The standard InChI is InChI=1S/C12H20O2/c1-3-5-7-9-11-14-12(13)10-8-6-4-2/h5,7-8,10H,3-4,6,9,11H2,1-2H3/b7-5+,10-8+. The minimum Gasteiger partial charge on any atom is -0.462 e. The van der Waals surface area contributed by atoms with Gasteiger partial charge >= 0.3 is 5.97 Å². The van der Waals surface area contributed by atoms with Crippen molar-refractivity contribution < 1.29 is 9.53 Å². The van der Waals surface area contributed by atoms with E-state index in [1.54, 1.807) is 0 Å². The second-order valence-electron chi connectivity index (χ2n) is 3.03. The molecule has 0 aliphatic rings. The molecule has 0 N–H and O–H groups in total. The fourth-order valence-corrected chi connectivity index (χ4v) is 0.906. The van der Waals surface area contributed by atoms with Gasteiger partial charge in [-0.1, -0.05) is 38.5 Å². The van der Waals surface area contributed by atoms with Crippen molar-refractivity contribution in [1.82, 2.24) is 0 Å². The van der Waals surface area contributed by atoms with E-state index in [4.69, 9.17) is 4.74 Å². The van der Waals surface area contributed by atoms with Crippen molar-refractivity contribution >= 4 is 5.97 Å². The molecule has 0 bridgehead atoms. The number of rotatable bonds is 7.